The Morgan fingerprint density at radius 2 is 1.72 bits per heavy atom. The summed E-state index contributed by atoms with van der Waals surface area (Å²) in [4.78, 5) is 3.18. The molecule has 0 saturated carbocycles. The summed E-state index contributed by atoms with van der Waals surface area (Å²) < 4.78 is 5.13. The molecule has 0 bridgehead atoms. The van der Waals surface area contributed by atoms with Crippen LogP contribution in [0.5, 0.6) is 5.75 Å². The van der Waals surface area contributed by atoms with Crippen LogP contribution in [0.4, 0.5) is 11.4 Å². The van der Waals surface area contributed by atoms with Gasteiger partial charge in [-0.2, -0.15) is 0 Å². The van der Waals surface area contributed by atoms with Gasteiger partial charge in [-0.3, -0.25) is 0 Å². The summed E-state index contributed by atoms with van der Waals surface area (Å²) in [7, 11) is 1.67. The molecule has 2 N–H and O–H groups in total. The maximum absolute atomic E-state index is 5.13. The number of rotatable bonds is 3. The summed E-state index contributed by atoms with van der Waals surface area (Å²) in [6.45, 7) is 0. The second-order valence-electron chi connectivity index (χ2n) is 4.13. The van der Waals surface area contributed by atoms with Crippen LogP contribution >= 0.6 is 0 Å². The fourth-order valence-electron chi connectivity index (χ4n) is 1.97. The molecule has 3 aromatic rings. The lowest BCUT2D eigenvalue weighted by atomic mass is 10.2. The van der Waals surface area contributed by atoms with Crippen LogP contribution in [0, 0.1) is 0 Å². The largest absolute Gasteiger partial charge is 0.497 e. The highest BCUT2D eigenvalue weighted by atomic mass is 16.5. The number of fused-ring (bicyclic) bond motifs is 1. The van der Waals surface area contributed by atoms with Gasteiger partial charge in [0.15, 0.2) is 0 Å². The van der Waals surface area contributed by atoms with E-state index in [2.05, 4.69) is 34.6 Å². The zero-order valence-corrected chi connectivity index (χ0v) is 10.1. The van der Waals surface area contributed by atoms with Crippen molar-refractivity contribution in [1.82, 2.24) is 4.98 Å². The maximum Gasteiger partial charge on any atom is 0.119 e. The molecule has 90 valence electrons. The van der Waals surface area contributed by atoms with Crippen LogP contribution in [0.3, 0.4) is 0 Å². The van der Waals surface area contributed by atoms with Crippen molar-refractivity contribution in [3.8, 4) is 5.75 Å². The molecule has 3 nitrogen and oxygen atoms in total. The summed E-state index contributed by atoms with van der Waals surface area (Å²) in [5.74, 6) is 0.863. The number of ether oxygens (including phenoxy) is 1. The molecule has 0 saturated heterocycles. The topological polar surface area (TPSA) is 37.0 Å². The zero-order valence-electron chi connectivity index (χ0n) is 10.1. The van der Waals surface area contributed by atoms with Crippen molar-refractivity contribution in [3.63, 3.8) is 0 Å². The smallest absolute Gasteiger partial charge is 0.119 e. The van der Waals surface area contributed by atoms with Crippen molar-refractivity contribution >= 4 is 22.3 Å². The van der Waals surface area contributed by atoms with Crippen LogP contribution in [0.15, 0.2) is 54.7 Å². The summed E-state index contributed by atoms with van der Waals surface area (Å²) >= 11 is 0. The molecule has 2 aromatic carbocycles. The first-order chi connectivity index (χ1) is 8.85. The van der Waals surface area contributed by atoms with E-state index in [1.165, 1.54) is 5.39 Å². The molecule has 0 unspecified atom stereocenters. The maximum atomic E-state index is 5.13. The van der Waals surface area contributed by atoms with Crippen LogP contribution in [0.25, 0.3) is 10.9 Å². The average molecular weight is 238 g/mol. The second-order valence-corrected chi connectivity index (χ2v) is 4.13. The predicted molar refractivity (Wildman–Crippen MR) is 74.6 cm³/mol. The minimum absolute atomic E-state index is 0.863. The SMILES string of the molecule is COc1ccc(Nc2ccc3[nH]ccc3c2)cc1. The molecule has 0 amide bonds. The van der Waals surface area contributed by atoms with Gasteiger partial charge in [0.2, 0.25) is 0 Å². The standard InChI is InChI=1S/C15H14N2O/c1-18-14-5-2-12(3-6-14)17-13-4-7-15-11(10-13)8-9-16-15/h2-10,16-17H,1H3. The Balaban J connectivity index is 1.85. The van der Waals surface area contributed by atoms with E-state index >= 15 is 0 Å². The quantitative estimate of drug-likeness (QED) is 0.725. The van der Waals surface area contributed by atoms with E-state index in [0.29, 0.717) is 0 Å². The van der Waals surface area contributed by atoms with Crippen molar-refractivity contribution in [1.29, 1.82) is 0 Å². The lowest BCUT2D eigenvalue weighted by Crippen LogP contribution is -1.90. The van der Waals surface area contributed by atoms with Crippen LogP contribution in [0.1, 0.15) is 0 Å². The fourth-order valence-corrected chi connectivity index (χ4v) is 1.97. The van der Waals surface area contributed by atoms with Gasteiger partial charge in [-0.05, 0) is 48.5 Å². The first kappa shape index (κ1) is 10.7. The van der Waals surface area contributed by atoms with E-state index in [1.807, 2.05) is 30.5 Å². The molecule has 18 heavy (non-hydrogen) atoms. The van der Waals surface area contributed by atoms with E-state index in [0.717, 1.165) is 22.6 Å². The molecule has 0 atom stereocenters. The second kappa shape index (κ2) is 4.45. The van der Waals surface area contributed by atoms with Crippen LogP contribution in [-0.2, 0) is 0 Å². The molecule has 0 aliphatic carbocycles. The number of benzene rings is 2. The first-order valence-electron chi connectivity index (χ1n) is 5.83. The molecular formula is C15H14N2O. The number of aromatic amines is 1. The van der Waals surface area contributed by atoms with Gasteiger partial charge >= 0.3 is 0 Å². The first-order valence-corrected chi connectivity index (χ1v) is 5.83. The highest BCUT2D eigenvalue weighted by Crippen LogP contribution is 2.23. The highest BCUT2D eigenvalue weighted by Gasteiger charge is 1.98. The Hall–Kier alpha value is -2.42. The Kier molecular flexibility index (Phi) is 2.65. The summed E-state index contributed by atoms with van der Waals surface area (Å²) in [6.07, 6.45) is 1.95. The van der Waals surface area contributed by atoms with E-state index in [-0.39, 0.29) is 0 Å². The Bertz CT molecular complexity index is 656. The van der Waals surface area contributed by atoms with Gasteiger partial charge in [0.05, 0.1) is 7.11 Å². The average Bonchev–Trinajstić information content (AvgIpc) is 2.87. The minimum atomic E-state index is 0.863. The lowest BCUT2D eigenvalue weighted by molar-refractivity contribution is 0.415. The number of aromatic nitrogens is 1. The molecule has 0 aliphatic rings. The molecular weight excluding hydrogens is 224 g/mol. The van der Waals surface area contributed by atoms with Gasteiger partial charge in [0, 0.05) is 28.5 Å². The van der Waals surface area contributed by atoms with E-state index < -0.39 is 0 Å². The van der Waals surface area contributed by atoms with Crippen molar-refractivity contribution in [2.75, 3.05) is 12.4 Å². The predicted octanol–water partition coefficient (Wildman–Crippen LogP) is 3.92. The van der Waals surface area contributed by atoms with Crippen molar-refractivity contribution in [2.24, 2.45) is 0 Å². The van der Waals surface area contributed by atoms with Crippen molar-refractivity contribution in [2.45, 2.75) is 0 Å². The minimum Gasteiger partial charge on any atom is -0.497 e. The number of hydrogen-bond acceptors (Lipinski definition) is 2. The van der Waals surface area contributed by atoms with Gasteiger partial charge in [-0.15, -0.1) is 0 Å². The molecule has 3 heteroatoms. The van der Waals surface area contributed by atoms with Crippen molar-refractivity contribution in [3.05, 3.63) is 54.7 Å². The van der Waals surface area contributed by atoms with E-state index in [9.17, 15) is 0 Å². The summed E-state index contributed by atoms with van der Waals surface area (Å²) in [6, 6.07) is 16.2. The van der Waals surface area contributed by atoms with Gasteiger partial charge in [-0.25, -0.2) is 0 Å². The Morgan fingerprint density at radius 3 is 2.50 bits per heavy atom. The molecule has 0 aliphatic heterocycles. The number of hydrogen-bond donors (Lipinski definition) is 2. The zero-order chi connectivity index (χ0) is 12.4. The summed E-state index contributed by atoms with van der Waals surface area (Å²) in [5.41, 5.74) is 3.27. The monoisotopic (exact) mass is 238 g/mol. The van der Waals surface area contributed by atoms with Crippen LogP contribution in [-0.4, -0.2) is 12.1 Å². The van der Waals surface area contributed by atoms with Gasteiger partial charge in [0.25, 0.3) is 0 Å². The van der Waals surface area contributed by atoms with Gasteiger partial charge in [-0.1, -0.05) is 0 Å². The van der Waals surface area contributed by atoms with E-state index in [1.54, 1.807) is 7.11 Å². The number of methoxy groups -OCH3 is 1. The molecule has 1 heterocycles. The molecule has 0 spiro atoms. The molecule has 0 radical (unpaired) electrons. The third-order valence-corrected chi connectivity index (χ3v) is 2.93. The molecule has 0 fully saturated rings. The fraction of sp³-hybridized carbons (Fsp3) is 0.0667. The van der Waals surface area contributed by atoms with Gasteiger partial charge < -0.3 is 15.0 Å². The lowest BCUT2D eigenvalue weighted by Gasteiger charge is -2.07. The molecule has 1 aromatic heterocycles. The van der Waals surface area contributed by atoms with Crippen LogP contribution < -0.4 is 10.1 Å². The summed E-state index contributed by atoms with van der Waals surface area (Å²) in [5, 5.41) is 4.57. The Labute approximate surface area is 105 Å². The third-order valence-electron chi connectivity index (χ3n) is 2.93. The van der Waals surface area contributed by atoms with Crippen LogP contribution in [0.2, 0.25) is 0 Å². The highest BCUT2D eigenvalue weighted by molar-refractivity contribution is 5.84. The number of H-pyrrole nitrogens is 1. The van der Waals surface area contributed by atoms with Crippen molar-refractivity contribution < 1.29 is 4.74 Å². The normalized spacial score (nSPS) is 10.5. The third kappa shape index (κ3) is 2.02. The number of nitrogens with one attached hydrogen (secondary N) is 2. The Morgan fingerprint density at radius 1 is 0.944 bits per heavy atom. The molecule has 3 rings (SSSR count). The van der Waals surface area contributed by atoms with E-state index in [4.69, 9.17) is 4.74 Å². The number of anilines is 2. The van der Waals surface area contributed by atoms with Gasteiger partial charge in [0.1, 0.15) is 5.75 Å².